The van der Waals surface area contributed by atoms with E-state index in [-0.39, 0.29) is 24.2 Å². The first-order chi connectivity index (χ1) is 9.27. The van der Waals surface area contributed by atoms with Gasteiger partial charge in [-0.3, -0.25) is 9.59 Å². The molecule has 6 nitrogen and oxygen atoms in total. The summed E-state index contributed by atoms with van der Waals surface area (Å²) in [7, 11) is 3.33. The van der Waals surface area contributed by atoms with Crippen molar-refractivity contribution in [1.82, 2.24) is 9.88 Å². The van der Waals surface area contributed by atoms with Crippen LogP contribution in [0.5, 0.6) is 0 Å². The molecule has 1 atom stereocenters. The summed E-state index contributed by atoms with van der Waals surface area (Å²) in [6, 6.07) is 3.15. The van der Waals surface area contributed by atoms with E-state index in [1.807, 2.05) is 6.92 Å². The molecule has 0 bridgehead atoms. The summed E-state index contributed by atoms with van der Waals surface area (Å²) in [5.41, 5.74) is 5.47. The maximum absolute atomic E-state index is 12.1. The van der Waals surface area contributed by atoms with E-state index in [0.29, 0.717) is 17.8 Å². The zero-order valence-corrected chi connectivity index (χ0v) is 13.7. The lowest BCUT2D eigenvalue weighted by atomic mass is 9.96. The van der Waals surface area contributed by atoms with Crippen molar-refractivity contribution in [3.63, 3.8) is 0 Å². The second kappa shape index (κ2) is 7.95. The molecule has 0 aromatic carbocycles. The molecule has 0 aliphatic carbocycles. The van der Waals surface area contributed by atoms with Gasteiger partial charge in [0.15, 0.2) is 0 Å². The van der Waals surface area contributed by atoms with E-state index in [1.165, 1.54) is 11.1 Å². The summed E-state index contributed by atoms with van der Waals surface area (Å²) >= 11 is 0. The summed E-state index contributed by atoms with van der Waals surface area (Å²) < 4.78 is 0. The normalized spacial score (nSPS) is 12.8. The number of hydrogen-bond donors (Lipinski definition) is 2. The maximum atomic E-state index is 12.1. The minimum Gasteiger partial charge on any atom is -0.345 e. The van der Waals surface area contributed by atoms with E-state index in [2.05, 4.69) is 10.3 Å². The third-order valence-corrected chi connectivity index (χ3v) is 2.94. The molecule has 1 rings (SSSR count). The number of pyridine rings is 1. The van der Waals surface area contributed by atoms with E-state index < -0.39 is 5.54 Å². The molecular formula is C14H23ClN4O2. The van der Waals surface area contributed by atoms with Crippen molar-refractivity contribution in [3.05, 3.63) is 23.9 Å². The van der Waals surface area contributed by atoms with Gasteiger partial charge in [-0.15, -0.1) is 12.4 Å². The fourth-order valence-corrected chi connectivity index (χ4v) is 1.78. The topological polar surface area (TPSA) is 88.3 Å². The van der Waals surface area contributed by atoms with Gasteiger partial charge in [0, 0.05) is 25.9 Å². The highest BCUT2D eigenvalue weighted by Gasteiger charge is 2.27. The van der Waals surface area contributed by atoms with Crippen molar-refractivity contribution in [2.45, 2.75) is 32.2 Å². The van der Waals surface area contributed by atoms with Gasteiger partial charge in [0.05, 0.1) is 5.54 Å². The molecule has 1 aromatic rings. The minimum absolute atomic E-state index is 0. The van der Waals surface area contributed by atoms with Crippen LogP contribution < -0.4 is 11.1 Å². The third kappa shape index (κ3) is 5.32. The zero-order valence-electron chi connectivity index (χ0n) is 12.8. The molecule has 1 heterocycles. The van der Waals surface area contributed by atoms with Gasteiger partial charge >= 0.3 is 0 Å². The molecule has 0 fully saturated rings. The molecule has 1 unspecified atom stereocenters. The number of nitrogens with one attached hydrogen (secondary N) is 1. The molecule has 3 N–H and O–H groups in total. The highest BCUT2D eigenvalue weighted by molar-refractivity contribution is 5.99. The van der Waals surface area contributed by atoms with Crippen LogP contribution in [-0.2, 0) is 4.79 Å². The second-order valence-corrected chi connectivity index (χ2v) is 5.25. The van der Waals surface area contributed by atoms with Crippen molar-refractivity contribution in [3.8, 4) is 0 Å². The Morgan fingerprint density at radius 2 is 2.05 bits per heavy atom. The average Bonchev–Trinajstić information content (AvgIpc) is 2.37. The number of rotatable bonds is 5. The van der Waals surface area contributed by atoms with Gasteiger partial charge in [-0.1, -0.05) is 13.3 Å². The first-order valence-electron chi connectivity index (χ1n) is 6.56. The largest absolute Gasteiger partial charge is 0.345 e. The number of nitrogens with zero attached hydrogens (tertiary/aromatic N) is 2. The number of halogens is 1. The summed E-state index contributed by atoms with van der Waals surface area (Å²) in [6.07, 6.45) is 2.88. The number of amides is 2. The van der Waals surface area contributed by atoms with Gasteiger partial charge in [0.2, 0.25) is 5.91 Å². The molecule has 2 amide bonds. The van der Waals surface area contributed by atoms with Gasteiger partial charge in [0.25, 0.3) is 5.91 Å². The van der Waals surface area contributed by atoms with Crippen molar-refractivity contribution in [2.24, 2.45) is 5.73 Å². The smallest absolute Gasteiger partial charge is 0.253 e. The summed E-state index contributed by atoms with van der Waals surface area (Å²) in [4.78, 5) is 29.4. The standard InChI is InChI=1S/C14H22N4O2.ClH/c1-5-7-14(2,15)13(20)17-11-9-10(6-8-16-11)12(19)18(3)4;/h6,8-9H,5,7,15H2,1-4H3,(H,16,17,20);1H. The van der Waals surface area contributed by atoms with E-state index in [4.69, 9.17) is 5.73 Å². The quantitative estimate of drug-likeness (QED) is 0.865. The van der Waals surface area contributed by atoms with E-state index >= 15 is 0 Å². The molecule has 7 heteroatoms. The van der Waals surface area contributed by atoms with Crippen LogP contribution in [0.4, 0.5) is 5.82 Å². The average molecular weight is 315 g/mol. The molecule has 118 valence electrons. The third-order valence-electron chi connectivity index (χ3n) is 2.94. The first kappa shape index (κ1) is 19.3. The van der Waals surface area contributed by atoms with E-state index in [9.17, 15) is 9.59 Å². The number of anilines is 1. The second-order valence-electron chi connectivity index (χ2n) is 5.25. The number of carbonyl (C=O) groups is 2. The summed E-state index contributed by atoms with van der Waals surface area (Å²) in [6.45, 7) is 3.65. The Bertz CT molecular complexity index is 504. The van der Waals surface area contributed by atoms with Crippen LogP contribution in [0.2, 0.25) is 0 Å². The Kier molecular flexibility index (Phi) is 7.32. The molecule has 1 aromatic heterocycles. The molecule has 0 radical (unpaired) electrons. The molecule has 0 spiro atoms. The van der Waals surface area contributed by atoms with Gasteiger partial charge < -0.3 is 16.0 Å². The SMILES string of the molecule is CCCC(C)(N)C(=O)Nc1cc(C(=O)N(C)C)ccn1.Cl. The number of nitrogens with two attached hydrogens (primary N) is 1. The zero-order chi connectivity index (χ0) is 15.3. The van der Waals surface area contributed by atoms with Crippen LogP contribution >= 0.6 is 12.4 Å². The molecule has 0 saturated carbocycles. The number of hydrogen-bond acceptors (Lipinski definition) is 4. The number of carbonyl (C=O) groups excluding carboxylic acids is 2. The fourth-order valence-electron chi connectivity index (χ4n) is 1.78. The maximum Gasteiger partial charge on any atom is 0.253 e. The van der Waals surface area contributed by atoms with E-state index in [1.54, 1.807) is 33.2 Å². The highest BCUT2D eigenvalue weighted by Crippen LogP contribution is 2.14. The van der Waals surface area contributed by atoms with Gasteiger partial charge in [-0.25, -0.2) is 4.98 Å². The monoisotopic (exact) mass is 314 g/mol. The Labute approximate surface area is 131 Å². The van der Waals surface area contributed by atoms with Crippen LogP contribution in [0.3, 0.4) is 0 Å². The Balaban J connectivity index is 0.00000400. The fraction of sp³-hybridized carbons (Fsp3) is 0.500. The Morgan fingerprint density at radius 3 is 2.57 bits per heavy atom. The predicted octanol–water partition coefficient (Wildman–Crippen LogP) is 1.66. The molecule has 21 heavy (non-hydrogen) atoms. The number of aromatic nitrogens is 1. The lowest BCUT2D eigenvalue weighted by Crippen LogP contribution is -2.48. The molecule has 0 aliphatic rings. The van der Waals surface area contributed by atoms with Crippen LogP contribution in [-0.4, -0.2) is 41.3 Å². The molecule has 0 aliphatic heterocycles. The minimum atomic E-state index is -0.946. The Hall–Kier alpha value is -1.66. The van der Waals surface area contributed by atoms with E-state index in [0.717, 1.165) is 6.42 Å². The van der Waals surface area contributed by atoms with Crippen molar-refractivity contribution < 1.29 is 9.59 Å². The molecular weight excluding hydrogens is 292 g/mol. The lowest BCUT2D eigenvalue weighted by Gasteiger charge is -2.22. The first-order valence-corrected chi connectivity index (χ1v) is 6.56. The lowest BCUT2D eigenvalue weighted by molar-refractivity contribution is -0.120. The Morgan fingerprint density at radius 1 is 1.43 bits per heavy atom. The van der Waals surface area contributed by atoms with Crippen molar-refractivity contribution >= 4 is 30.0 Å². The molecule has 0 saturated heterocycles. The summed E-state index contributed by atoms with van der Waals surface area (Å²) in [5, 5.41) is 2.66. The van der Waals surface area contributed by atoms with Gasteiger partial charge in [-0.05, 0) is 25.5 Å². The van der Waals surface area contributed by atoms with Gasteiger partial charge in [0.1, 0.15) is 5.82 Å². The van der Waals surface area contributed by atoms with Crippen LogP contribution in [0, 0.1) is 0 Å². The van der Waals surface area contributed by atoms with Crippen LogP contribution in [0.1, 0.15) is 37.0 Å². The van der Waals surface area contributed by atoms with Crippen LogP contribution in [0.15, 0.2) is 18.3 Å². The predicted molar refractivity (Wildman–Crippen MR) is 85.6 cm³/mol. The van der Waals surface area contributed by atoms with Gasteiger partial charge in [-0.2, -0.15) is 0 Å². The van der Waals surface area contributed by atoms with Crippen molar-refractivity contribution in [1.29, 1.82) is 0 Å². The summed E-state index contributed by atoms with van der Waals surface area (Å²) in [5.74, 6) is -0.122. The highest BCUT2D eigenvalue weighted by atomic mass is 35.5. The van der Waals surface area contributed by atoms with Crippen LogP contribution in [0.25, 0.3) is 0 Å². The van der Waals surface area contributed by atoms with Crippen molar-refractivity contribution in [2.75, 3.05) is 19.4 Å².